The van der Waals surface area contributed by atoms with Gasteiger partial charge in [-0.25, -0.2) is 0 Å². The lowest BCUT2D eigenvalue weighted by Gasteiger charge is -2.41. The molecule has 1 fully saturated rings. The first-order valence-corrected chi connectivity index (χ1v) is 11.2. The normalized spacial score (nSPS) is 17.2. The van der Waals surface area contributed by atoms with Crippen molar-refractivity contribution >= 4 is 0 Å². The van der Waals surface area contributed by atoms with E-state index in [0.29, 0.717) is 19.1 Å². The molecule has 1 aliphatic rings. The van der Waals surface area contributed by atoms with Crippen LogP contribution in [0.1, 0.15) is 36.5 Å². The predicted molar refractivity (Wildman–Crippen MR) is 124 cm³/mol. The predicted octanol–water partition coefficient (Wildman–Crippen LogP) is 2.89. The molecule has 31 heavy (non-hydrogen) atoms. The van der Waals surface area contributed by atoms with Crippen molar-refractivity contribution in [1.29, 1.82) is 0 Å². The van der Waals surface area contributed by atoms with E-state index in [4.69, 9.17) is 9.84 Å². The summed E-state index contributed by atoms with van der Waals surface area (Å²) in [5.74, 6) is 6.99. The van der Waals surface area contributed by atoms with Gasteiger partial charge in [-0.3, -0.25) is 9.80 Å². The van der Waals surface area contributed by atoms with Crippen LogP contribution in [0, 0.1) is 11.8 Å². The summed E-state index contributed by atoms with van der Waals surface area (Å²) in [5.41, 5.74) is 3.46. The molecule has 2 N–H and O–H groups in total. The van der Waals surface area contributed by atoms with Crippen molar-refractivity contribution in [2.24, 2.45) is 0 Å². The average molecular weight is 423 g/mol. The molecule has 2 aromatic rings. The SMILES string of the molecule is CCOc1ccccc1CN1CCN(Cc2ccc(C#CCCO)cc2)CC1CCO. The lowest BCUT2D eigenvalue weighted by Crippen LogP contribution is -2.52. The first kappa shape index (κ1) is 23.3. The van der Waals surface area contributed by atoms with E-state index >= 15 is 0 Å². The Kier molecular flexibility index (Phi) is 9.39. The van der Waals surface area contributed by atoms with Crippen molar-refractivity contribution in [3.05, 3.63) is 65.2 Å². The quantitative estimate of drug-likeness (QED) is 0.609. The second-order valence-corrected chi connectivity index (χ2v) is 7.88. The molecular weight excluding hydrogens is 388 g/mol. The zero-order valence-corrected chi connectivity index (χ0v) is 18.5. The van der Waals surface area contributed by atoms with Crippen LogP contribution in [-0.2, 0) is 13.1 Å². The van der Waals surface area contributed by atoms with E-state index in [1.807, 2.05) is 31.2 Å². The largest absolute Gasteiger partial charge is 0.494 e. The van der Waals surface area contributed by atoms with E-state index in [0.717, 1.165) is 50.5 Å². The average Bonchev–Trinajstić information content (AvgIpc) is 2.78. The van der Waals surface area contributed by atoms with Gasteiger partial charge in [0.1, 0.15) is 5.75 Å². The van der Waals surface area contributed by atoms with Gasteiger partial charge in [0, 0.05) is 62.9 Å². The van der Waals surface area contributed by atoms with Gasteiger partial charge in [-0.1, -0.05) is 42.2 Å². The van der Waals surface area contributed by atoms with E-state index in [1.54, 1.807) is 0 Å². The number of ether oxygens (including phenoxy) is 1. The monoisotopic (exact) mass is 422 g/mol. The number of aliphatic hydroxyl groups excluding tert-OH is 2. The number of para-hydroxylation sites is 1. The third kappa shape index (κ3) is 7.09. The third-order valence-electron chi connectivity index (χ3n) is 5.63. The van der Waals surface area contributed by atoms with Gasteiger partial charge in [0.2, 0.25) is 0 Å². The van der Waals surface area contributed by atoms with Crippen molar-refractivity contribution in [3.8, 4) is 17.6 Å². The smallest absolute Gasteiger partial charge is 0.123 e. The summed E-state index contributed by atoms with van der Waals surface area (Å²) in [6, 6.07) is 16.9. The van der Waals surface area contributed by atoms with E-state index in [-0.39, 0.29) is 13.2 Å². The molecule has 0 aliphatic carbocycles. The standard InChI is InChI=1S/C26H34N2O3/c1-2-31-26-9-4-3-8-24(26)20-28-16-15-27(21-25(28)14-18-30)19-23-12-10-22(11-13-23)7-5-6-17-29/h3-4,8-13,25,29-30H,2,6,14-21H2,1H3. The number of hydrogen-bond acceptors (Lipinski definition) is 5. The van der Waals surface area contributed by atoms with Gasteiger partial charge in [0.25, 0.3) is 0 Å². The van der Waals surface area contributed by atoms with Crippen LogP contribution in [0.15, 0.2) is 48.5 Å². The first-order valence-electron chi connectivity index (χ1n) is 11.2. The molecule has 5 nitrogen and oxygen atoms in total. The fourth-order valence-corrected chi connectivity index (χ4v) is 4.05. The Labute approximate surface area is 186 Å². The fourth-order valence-electron chi connectivity index (χ4n) is 4.05. The van der Waals surface area contributed by atoms with Crippen LogP contribution < -0.4 is 4.74 Å². The maximum atomic E-state index is 9.64. The third-order valence-corrected chi connectivity index (χ3v) is 5.63. The highest BCUT2D eigenvalue weighted by molar-refractivity contribution is 5.36. The summed E-state index contributed by atoms with van der Waals surface area (Å²) in [6.07, 6.45) is 1.28. The minimum atomic E-state index is 0.100. The Hall–Kier alpha value is -2.36. The van der Waals surface area contributed by atoms with E-state index in [9.17, 15) is 5.11 Å². The second-order valence-electron chi connectivity index (χ2n) is 7.88. The van der Waals surface area contributed by atoms with Gasteiger partial charge in [0.05, 0.1) is 13.2 Å². The summed E-state index contributed by atoms with van der Waals surface area (Å²) in [7, 11) is 0. The molecule has 1 saturated heterocycles. The highest BCUT2D eigenvalue weighted by Crippen LogP contribution is 2.24. The number of rotatable bonds is 9. The number of nitrogens with zero attached hydrogens (tertiary/aromatic N) is 2. The van der Waals surface area contributed by atoms with Crippen molar-refractivity contribution in [2.45, 2.75) is 38.9 Å². The highest BCUT2D eigenvalue weighted by atomic mass is 16.5. The van der Waals surface area contributed by atoms with Gasteiger partial charge in [-0.05, 0) is 37.1 Å². The molecule has 166 valence electrons. The lowest BCUT2D eigenvalue weighted by atomic mass is 10.1. The van der Waals surface area contributed by atoms with Crippen LogP contribution in [-0.4, -0.2) is 65.5 Å². The summed E-state index contributed by atoms with van der Waals surface area (Å²) in [5, 5.41) is 18.5. The zero-order chi connectivity index (χ0) is 21.9. The molecular formula is C26H34N2O3. The molecule has 0 bridgehead atoms. The Balaban J connectivity index is 1.60. The van der Waals surface area contributed by atoms with E-state index < -0.39 is 0 Å². The molecule has 2 aromatic carbocycles. The Morgan fingerprint density at radius 1 is 1.00 bits per heavy atom. The lowest BCUT2D eigenvalue weighted by molar-refractivity contribution is 0.0494. The van der Waals surface area contributed by atoms with Crippen LogP contribution in [0.3, 0.4) is 0 Å². The molecule has 5 heteroatoms. The summed E-state index contributed by atoms with van der Waals surface area (Å²) in [6.45, 7) is 7.62. The molecule has 0 radical (unpaired) electrons. The van der Waals surface area contributed by atoms with Gasteiger partial charge in [-0.15, -0.1) is 0 Å². The zero-order valence-electron chi connectivity index (χ0n) is 18.5. The molecule has 0 aromatic heterocycles. The molecule has 3 rings (SSSR count). The Morgan fingerprint density at radius 3 is 2.55 bits per heavy atom. The van der Waals surface area contributed by atoms with Crippen molar-refractivity contribution in [1.82, 2.24) is 9.80 Å². The topological polar surface area (TPSA) is 56.2 Å². The highest BCUT2D eigenvalue weighted by Gasteiger charge is 2.27. The number of aliphatic hydroxyl groups is 2. The van der Waals surface area contributed by atoms with Crippen LogP contribution in [0.5, 0.6) is 5.75 Å². The molecule has 1 heterocycles. The minimum absolute atomic E-state index is 0.100. The van der Waals surface area contributed by atoms with Gasteiger partial charge < -0.3 is 14.9 Å². The first-order chi connectivity index (χ1) is 15.2. The maximum Gasteiger partial charge on any atom is 0.123 e. The molecule has 0 amide bonds. The molecule has 1 atom stereocenters. The number of benzene rings is 2. The second kappa shape index (κ2) is 12.5. The van der Waals surface area contributed by atoms with Crippen molar-refractivity contribution < 1.29 is 14.9 Å². The Morgan fingerprint density at radius 2 is 1.81 bits per heavy atom. The summed E-state index contributed by atoms with van der Waals surface area (Å²) in [4.78, 5) is 4.95. The molecule has 0 spiro atoms. The van der Waals surface area contributed by atoms with E-state index in [1.165, 1.54) is 11.1 Å². The van der Waals surface area contributed by atoms with Crippen molar-refractivity contribution in [3.63, 3.8) is 0 Å². The Bertz CT molecular complexity index is 857. The van der Waals surface area contributed by atoms with Gasteiger partial charge >= 0.3 is 0 Å². The molecule has 0 saturated carbocycles. The van der Waals surface area contributed by atoms with Crippen molar-refractivity contribution in [2.75, 3.05) is 39.5 Å². The summed E-state index contributed by atoms with van der Waals surface area (Å²) >= 11 is 0. The maximum absolute atomic E-state index is 9.64. The molecule has 1 unspecified atom stereocenters. The van der Waals surface area contributed by atoms with Crippen LogP contribution in [0.2, 0.25) is 0 Å². The minimum Gasteiger partial charge on any atom is -0.494 e. The van der Waals surface area contributed by atoms with E-state index in [2.05, 4.69) is 45.9 Å². The fraction of sp³-hybridized carbons (Fsp3) is 0.462. The molecule has 1 aliphatic heterocycles. The van der Waals surface area contributed by atoms with Gasteiger partial charge in [-0.2, -0.15) is 0 Å². The van der Waals surface area contributed by atoms with Gasteiger partial charge in [0.15, 0.2) is 0 Å². The number of hydrogen-bond donors (Lipinski definition) is 2. The summed E-state index contributed by atoms with van der Waals surface area (Å²) < 4.78 is 5.81. The number of piperazine rings is 1. The van der Waals surface area contributed by atoms with Crippen LogP contribution >= 0.6 is 0 Å². The van der Waals surface area contributed by atoms with Crippen LogP contribution in [0.4, 0.5) is 0 Å². The van der Waals surface area contributed by atoms with Crippen LogP contribution in [0.25, 0.3) is 0 Å².